The summed E-state index contributed by atoms with van der Waals surface area (Å²) in [6, 6.07) is 12.2. The number of nitrogens with two attached hydrogens (primary N) is 1. The molecule has 0 bridgehead atoms. The normalized spacial score (nSPS) is 10.8. The van der Waals surface area contributed by atoms with E-state index in [0.717, 1.165) is 11.1 Å². The summed E-state index contributed by atoms with van der Waals surface area (Å²) in [5.41, 5.74) is 9.08. The van der Waals surface area contributed by atoms with Crippen LogP contribution in [0.15, 0.2) is 47.0 Å². The molecule has 0 radical (unpaired) electrons. The van der Waals surface area contributed by atoms with Crippen LogP contribution in [0.2, 0.25) is 5.02 Å². The van der Waals surface area contributed by atoms with E-state index in [1.807, 2.05) is 31.2 Å². The van der Waals surface area contributed by atoms with Crippen molar-refractivity contribution in [2.24, 2.45) is 0 Å². The summed E-state index contributed by atoms with van der Waals surface area (Å²) in [5.74, 6) is 0.176. The summed E-state index contributed by atoms with van der Waals surface area (Å²) in [5, 5.41) is 3.85. The van der Waals surface area contributed by atoms with Crippen molar-refractivity contribution in [3.05, 3.63) is 58.9 Å². The van der Waals surface area contributed by atoms with Crippen molar-refractivity contribution >= 4 is 17.4 Å². The van der Waals surface area contributed by atoms with Crippen molar-refractivity contribution in [2.75, 3.05) is 5.73 Å². The van der Waals surface area contributed by atoms with Gasteiger partial charge in [0.2, 0.25) is 0 Å². The van der Waals surface area contributed by atoms with Gasteiger partial charge < -0.3 is 10.3 Å². The molecule has 3 aromatic rings. The van der Waals surface area contributed by atoms with Gasteiger partial charge in [-0.3, -0.25) is 0 Å². The highest BCUT2D eigenvalue weighted by atomic mass is 35.5. The van der Waals surface area contributed by atoms with E-state index in [-0.39, 0.29) is 10.8 Å². The fourth-order valence-electron chi connectivity index (χ4n) is 2.14. The molecule has 0 saturated heterocycles. The average Bonchev–Trinajstić information content (AvgIpc) is 2.85. The maximum Gasteiger partial charge on any atom is 0.177 e. The number of aryl methyl sites for hydroxylation is 1. The summed E-state index contributed by atoms with van der Waals surface area (Å²) in [6.45, 7) is 2.00. The monoisotopic (exact) mass is 302 g/mol. The van der Waals surface area contributed by atoms with Gasteiger partial charge in [-0.15, -0.1) is 0 Å². The molecule has 0 aliphatic carbocycles. The minimum atomic E-state index is -0.515. The van der Waals surface area contributed by atoms with Crippen LogP contribution in [0.1, 0.15) is 5.56 Å². The molecular formula is C16H12ClFN2O. The molecule has 0 saturated carbocycles. The molecule has 3 rings (SSSR count). The molecule has 0 amide bonds. The first-order valence-corrected chi connectivity index (χ1v) is 6.71. The molecule has 106 valence electrons. The largest absolute Gasteiger partial charge is 0.380 e. The number of nitrogens with zero attached hydrogens (tertiary/aromatic N) is 1. The van der Waals surface area contributed by atoms with Crippen molar-refractivity contribution in [3.63, 3.8) is 0 Å². The summed E-state index contributed by atoms with van der Waals surface area (Å²) in [7, 11) is 0. The second kappa shape index (κ2) is 5.22. The van der Waals surface area contributed by atoms with Gasteiger partial charge in [-0.1, -0.05) is 46.6 Å². The van der Waals surface area contributed by atoms with E-state index in [1.165, 1.54) is 12.1 Å². The second-order valence-electron chi connectivity index (χ2n) is 4.77. The minimum absolute atomic E-state index is 0.0584. The van der Waals surface area contributed by atoms with Gasteiger partial charge in [-0.2, -0.15) is 0 Å². The smallest absolute Gasteiger partial charge is 0.177 e. The zero-order chi connectivity index (χ0) is 15.0. The van der Waals surface area contributed by atoms with Crippen molar-refractivity contribution in [1.29, 1.82) is 0 Å². The Balaban J connectivity index is 2.16. The number of halogens is 2. The fourth-order valence-corrected chi connectivity index (χ4v) is 2.25. The van der Waals surface area contributed by atoms with Crippen LogP contribution < -0.4 is 5.73 Å². The first-order chi connectivity index (χ1) is 10.1. The van der Waals surface area contributed by atoms with Crippen molar-refractivity contribution in [1.82, 2.24) is 5.16 Å². The predicted octanol–water partition coefficient (Wildman–Crippen LogP) is 4.69. The van der Waals surface area contributed by atoms with Crippen LogP contribution in [0.4, 0.5) is 10.2 Å². The van der Waals surface area contributed by atoms with Crippen LogP contribution >= 0.6 is 11.6 Å². The maximum atomic E-state index is 13.6. The molecule has 0 aliphatic heterocycles. The SMILES string of the molecule is Cc1ccc(-c2c(N)noc2-c2ccc(Cl)c(F)c2)cc1. The molecule has 1 heterocycles. The Morgan fingerprint density at radius 3 is 2.43 bits per heavy atom. The molecule has 0 aliphatic rings. The topological polar surface area (TPSA) is 52.0 Å². The van der Waals surface area contributed by atoms with Crippen molar-refractivity contribution in [2.45, 2.75) is 6.92 Å². The molecule has 2 aromatic carbocycles. The highest BCUT2D eigenvalue weighted by molar-refractivity contribution is 6.30. The summed E-state index contributed by atoms with van der Waals surface area (Å²) in [4.78, 5) is 0. The Labute approximate surface area is 126 Å². The number of aromatic nitrogens is 1. The van der Waals surface area contributed by atoms with E-state index in [0.29, 0.717) is 16.9 Å². The highest BCUT2D eigenvalue weighted by Gasteiger charge is 2.18. The van der Waals surface area contributed by atoms with Crippen LogP contribution in [0, 0.1) is 12.7 Å². The Bertz CT molecular complexity index is 797. The van der Waals surface area contributed by atoms with Crippen LogP contribution in [0.5, 0.6) is 0 Å². The van der Waals surface area contributed by atoms with E-state index in [9.17, 15) is 4.39 Å². The van der Waals surface area contributed by atoms with E-state index >= 15 is 0 Å². The lowest BCUT2D eigenvalue weighted by molar-refractivity contribution is 0.436. The lowest BCUT2D eigenvalue weighted by atomic mass is 10.0. The molecule has 0 fully saturated rings. The number of hydrogen-bond acceptors (Lipinski definition) is 3. The summed E-state index contributed by atoms with van der Waals surface area (Å²) in [6.07, 6.45) is 0. The van der Waals surface area contributed by atoms with Gasteiger partial charge in [0.05, 0.1) is 10.6 Å². The zero-order valence-corrected chi connectivity index (χ0v) is 12.0. The number of anilines is 1. The number of rotatable bonds is 2. The van der Waals surface area contributed by atoms with Gasteiger partial charge >= 0.3 is 0 Å². The summed E-state index contributed by atoms with van der Waals surface area (Å²) >= 11 is 5.70. The van der Waals surface area contributed by atoms with E-state index < -0.39 is 5.82 Å². The molecule has 1 aromatic heterocycles. The number of benzene rings is 2. The van der Waals surface area contributed by atoms with Gasteiger partial charge in [0.1, 0.15) is 5.82 Å². The zero-order valence-electron chi connectivity index (χ0n) is 11.2. The molecule has 0 spiro atoms. The Hall–Kier alpha value is -2.33. The van der Waals surface area contributed by atoms with Gasteiger partial charge in [0.15, 0.2) is 11.6 Å². The molecule has 2 N–H and O–H groups in total. The lowest BCUT2D eigenvalue weighted by Crippen LogP contribution is -1.89. The Kier molecular flexibility index (Phi) is 3.39. The van der Waals surface area contributed by atoms with Gasteiger partial charge in [0.25, 0.3) is 0 Å². The van der Waals surface area contributed by atoms with Crippen LogP contribution in [-0.2, 0) is 0 Å². The Morgan fingerprint density at radius 2 is 1.76 bits per heavy atom. The first-order valence-electron chi connectivity index (χ1n) is 6.34. The fraction of sp³-hybridized carbons (Fsp3) is 0.0625. The highest BCUT2D eigenvalue weighted by Crippen LogP contribution is 2.37. The predicted molar refractivity (Wildman–Crippen MR) is 81.5 cm³/mol. The average molecular weight is 303 g/mol. The number of hydrogen-bond donors (Lipinski definition) is 1. The third-order valence-electron chi connectivity index (χ3n) is 3.24. The van der Waals surface area contributed by atoms with Crippen LogP contribution in [0.25, 0.3) is 22.5 Å². The molecule has 0 atom stereocenters. The first kappa shape index (κ1) is 13.6. The van der Waals surface area contributed by atoms with Crippen LogP contribution in [-0.4, -0.2) is 5.16 Å². The molecule has 0 unspecified atom stereocenters. The van der Waals surface area contributed by atoms with Gasteiger partial charge in [0, 0.05) is 5.56 Å². The van der Waals surface area contributed by atoms with Crippen LogP contribution in [0.3, 0.4) is 0 Å². The minimum Gasteiger partial charge on any atom is -0.380 e. The van der Waals surface area contributed by atoms with Gasteiger partial charge in [-0.05, 0) is 30.7 Å². The molecule has 3 nitrogen and oxygen atoms in total. The quantitative estimate of drug-likeness (QED) is 0.747. The molecule has 5 heteroatoms. The standard InChI is InChI=1S/C16H12ClFN2O/c1-9-2-4-10(5-3-9)14-15(21-20-16(14)19)11-6-7-12(17)13(18)8-11/h2-8H,1H3,(H2,19,20). The van der Waals surface area contributed by atoms with E-state index in [1.54, 1.807) is 6.07 Å². The summed E-state index contributed by atoms with van der Waals surface area (Å²) < 4.78 is 18.9. The van der Waals surface area contributed by atoms with Crippen molar-refractivity contribution < 1.29 is 8.91 Å². The maximum absolute atomic E-state index is 13.6. The Morgan fingerprint density at radius 1 is 1.10 bits per heavy atom. The second-order valence-corrected chi connectivity index (χ2v) is 5.17. The van der Waals surface area contributed by atoms with E-state index in [2.05, 4.69) is 5.16 Å². The third kappa shape index (κ3) is 2.50. The third-order valence-corrected chi connectivity index (χ3v) is 3.55. The molecular weight excluding hydrogens is 291 g/mol. The number of nitrogen functional groups attached to an aromatic ring is 1. The lowest BCUT2D eigenvalue weighted by Gasteiger charge is -2.04. The molecule has 21 heavy (non-hydrogen) atoms. The van der Waals surface area contributed by atoms with E-state index in [4.69, 9.17) is 21.9 Å². The van der Waals surface area contributed by atoms with Gasteiger partial charge in [-0.25, -0.2) is 4.39 Å². The van der Waals surface area contributed by atoms with Crippen molar-refractivity contribution in [3.8, 4) is 22.5 Å².